The van der Waals surface area contributed by atoms with Crippen LogP contribution in [0.25, 0.3) is 0 Å². The first-order valence-corrected chi connectivity index (χ1v) is 4.51. The Kier molecular flexibility index (Phi) is 3.23. The maximum absolute atomic E-state index is 9.35. The lowest BCUT2D eigenvalue weighted by molar-refractivity contribution is 0.164. The number of hydrogen-bond acceptors (Lipinski definition) is 3. The SMILES string of the molecule is Cc1cccc([C@H](N)C(C)O)c1C#N. The van der Waals surface area contributed by atoms with Crippen LogP contribution >= 0.6 is 0 Å². The molecule has 0 radical (unpaired) electrons. The van der Waals surface area contributed by atoms with Crippen LogP contribution in [-0.4, -0.2) is 11.2 Å². The second kappa shape index (κ2) is 4.23. The number of hydrogen-bond donors (Lipinski definition) is 2. The number of aryl methyl sites for hydroxylation is 1. The van der Waals surface area contributed by atoms with E-state index in [0.29, 0.717) is 11.1 Å². The Labute approximate surface area is 83.8 Å². The molecule has 0 saturated heterocycles. The Balaban J connectivity index is 3.22. The van der Waals surface area contributed by atoms with Gasteiger partial charge in [0, 0.05) is 0 Å². The standard InChI is InChI=1S/C11H14N2O/c1-7-4-3-5-9(10(7)6-12)11(13)8(2)14/h3-5,8,11,14H,13H2,1-2H3/t8?,11-/m1/s1. The predicted octanol–water partition coefficient (Wildman–Crippen LogP) is 1.25. The molecule has 0 saturated carbocycles. The highest BCUT2D eigenvalue weighted by Gasteiger charge is 2.16. The van der Waals surface area contributed by atoms with Crippen molar-refractivity contribution >= 4 is 0 Å². The quantitative estimate of drug-likeness (QED) is 0.737. The van der Waals surface area contributed by atoms with E-state index in [1.54, 1.807) is 13.0 Å². The van der Waals surface area contributed by atoms with Crippen molar-refractivity contribution in [2.45, 2.75) is 26.0 Å². The van der Waals surface area contributed by atoms with Crippen molar-refractivity contribution in [3.63, 3.8) is 0 Å². The summed E-state index contributed by atoms with van der Waals surface area (Å²) in [7, 11) is 0. The second-order valence-electron chi connectivity index (χ2n) is 3.42. The fraction of sp³-hybridized carbons (Fsp3) is 0.364. The van der Waals surface area contributed by atoms with Gasteiger partial charge in [-0.3, -0.25) is 0 Å². The smallest absolute Gasteiger partial charge is 0.0997 e. The Morgan fingerprint density at radius 2 is 2.14 bits per heavy atom. The summed E-state index contributed by atoms with van der Waals surface area (Å²) in [5.74, 6) is 0. The van der Waals surface area contributed by atoms with Gasteiger partial charge < -0.3 is 10.8 Å². The predicted molar refractivity (Wildman–Crippen MR) is 54.5 cm³/mol. The molecule has 0 heterocycles. The summed E-state index contributed by atoms with van der Waals surface area (Å²) >= 11 is 0. The molecule has 3 N–H and O–H groups in total. The molecule has 0 aliphatic heterocycles. The Morgan fingerprint density at radius 1 is 1.50 bits per heavy atom. The van der Waals surface area contributed by atoms with Crippen molar-refractivity contribution in [2.75, 3.05) is 0 Å². The summed E-state index contributed by atoms with van der Waals surface area (Å²) in [6.45, 7) is 3.48. The molecule has 1 rings (SSSR count). The molecule has 1 aromatic rings. The molecule has 0 aliphatic rings. The van der Waals surface area contributed by atoms with E-state index in [0.717, 1.165) is 5.56 Å². The van der Waals surface area contributed by atoms with E-state index in [2.05, 4.69) is 6.07 Å². The maximum atomic E-state index is 9.35. The number of rotatable bonds is 2. The number of aliphatic hydroxyl groups is 1. The summed E-state index contributed by atoms with van der Waals surface area (Å²) in [5.41, 5.74) is 7.95. The summed E-state index contributed by atoms with van der Waals surface area (Å²) in [6.07, 6.45) is -0.649. The molecule has 0 spiro atoms. The van der Waals surface area contributed by atoms with E-state index in [1.165, 1.54) is 0 Å². The van der Waals surface area contributed by atoms with E-state index >= 15 is 0 Å². The van der Waals surface area contributed by atoms with Gasteiger partial charge in [0.1, 0.15) is 0 Å². The lowest BCUT2D eigenvalue weighted by Crippen LogP contribution is -2.24. The molecule has 0 amide bonds. The van der Waals surface area contributed by atoms with Gasteiger partial charge in [-0.25, -0.2) is 0 Å². The van der Waals surface area contributed by atoms with Crippen LogP contribution in [0.5, 0.6) is 0 Å². The normalized spacial score (nSPS) is 14.5. The fourth-order valence-electron chi connectivity index (χ4n) is 1.38. The van der Waals surface area contributed by atoms with Crippen LogP contribution in [0.15, 0.2) is 18.2 Å². The van der Waals surface area contributed by atoms with Gasteiger partial charge in [-0.05, 0) is 25.0 Å². The number of nitrogens with two attached hydrogens (primary N) is 1. The first-order chi connectivity index (χ1) is 6.57. The highest BCUT2D eigenvalue weighted by Crippen LogP contribution is 2.21. The van der Waals surface area contributed by atoms with Gasteiger partial charge in [-0.1, -0.05) is 18.2 Å². The van der Waals surface area contributed by atoms with E-state index in [9.17, 15) is 5.11 Å². The maximum Gasteiger partial charge on any atom is 0.0997 e. The fourth-order valence-corrected chi connectivity index (χ4v) is 1.38. The van der Waals surface area contributed by atoms with Crippen LogP contribution < -0.4 is 5.73 Å². The first-order valence-electron chi connectivity index (χ1n) is 4.51. The van der Waals surface area contributed by atoms with E-state index in [1.807, 2.05) is 19.1 Å². The van der Waals surface area contributed by atoms with Gasteiger partial charge in [0.05, 0.1) is 23.8 Å². The molecular weight excluding hydrogens is 176 g/mol. The number of aliphatic hydroxyl groups excluding tert-OH is 1. The highest BCUT2D eigenvalue weighted by atomic mass is 16.3. The molecule has 3 heteroatoms. The summed E-state index contributed by atoms with van der Waals surface area (Å²) in [5, 5.41) is 18.3. The summed E-state index contributed by atoms with van der Waals surface area (Å²) in [4.78, 5) is 0. The van der Waals surface area contributed by atoms with E-state index < -0.39 is 12.1 Å². The zero-order chi connectivity index (χ0) is 10.7. The molecule has 0 aromatic heterocycles. The topological polar surface area (TPSA) is 70.0 Å². The molecular formula is C11H14N2O. The molecule has 0 fully saturated rings. The minimum absolute atomic E-state index is 0.496. The first kappa shape index (κ1) is 10.7. The van der Waals surface area contributed by atoms with Crippen LogP contribution in [0, 0.1) is 18.3 Å². The van der Waals surface area contributed by atoms with Crippen LogP contribution in [0.2, 0.25) is 0 Å². The van der Waals surface area contributed by atoms with Gasteiger partial charge in [0.2, 0.25) is 0 Å². The Morgan fingerprint density at radius 3 is 2.64 bits per heavy atom. The van der Waals surface area contributed by atoms with Gasteiger partial charge >= 0.3 is 0 Å². The monoisotopic (exact) mass is 190 g/mol. The molecule has 14 heavy (non-hydrogen) atoms. The van der Waals surface area contributed by atoms with Crippen molar-refractivity contribution in [1.82, 2.24) is 0 Å². The number of nitriles is 1. The molecule has 3 nitrogen and oxygen atoms in total. The molecule has 1 aromatic carbocycles. The van der Waals surface area contributed by atoms with Gasteiger partial charge in [0.25, 0.3) is 0 Å². The van der Waals surface area contributed by atoms with Gasteiger partial charge in [-0.15, -0.1) is 0 Å². The second-order valence-corrected chi connectivity index (χ2v) is 3.42. The lowest BCUT2D eigenvalue weighted by Gasteiger charge is -2.17. The minimum Gasteiger partial charge on any atom is -0.391 e. The zero-order valence-corrected chi connectivity index (χ0v) is 8.36. The van der Waals surface area contributed by atoms with Crippen molar-refractivity contribution < 1.29 is 5.11 Å². The van der Waals surface area contributed by atoms with Crippen LogP contribution in [0.4, 0.5) is 0 Å². The summed E-state index contributed by atoms with van der Waals surface area (Å²) < 4.78 is 0. The highest BCUT2D eigenvalue weighted by molar-refractivity contribution is 5.45. The van der Waals surface area contributed by atoms with Crippen molar-refractivity contribution in [3.05, 3.63) is 34.9 Å². The third-order valence-electron chi connectivity index (χ3n) is 2.30. The summed E-state index contributed by atoms with van der Waals surface area (Å²) in [6, 6.07) is 7.09. The molecule has 2 atom stereocenters. The number of benzene rings is 1. The molecule has 74 valence electrons. The van der Waals surface area contributed by atoms with Gasteiger partial charge in [0.15, 0.2) is 0 Å². The van der Waals surface area contributed by atoms with Crippen molar-refractivity contribution in [3.8, 4) is 6.07 Å². The van der Waals surface area contributed by atoms with Crippen LogP contribution in [-0.2, 0) is 0 Å². The minimum atomic E-state index is -0.649. The van der Waals surface area contributed by atoms with Crippen LogP contribution in [0.3, 0.4) is 0 Å². The third-order valence-corrected chi connectivity index (χ3v) is 2.30. The molecule has 0 aliphatic carbocycles. The van der Waals surface area contributed by atoms with Gasteiger partial charge in [-0.2, -0.15) is 5.26 Å². The largest absolute Gasteiger partial charge is 0.391 e. The lowest BCUT2D eigenvalue weighted by atomic mass is 9.95. The third kappa shape index (κ3) is 1.92. The zero-order valence-electron chi connectivity index (χ0n) is 8.36. The van der Waals surface area contributed by atoms with Crippen LogP contribution in [0.1, 0.15) is 29.7 Å². The Bertz CT molecular complexity index is 366. The van der Waals surface area contributed by atoms with Crippen molar-refractivity contribution in [2.24, 2.45) is 5.73 Å². The number of nitrogens with zero attached hydrogens (tertiary/aromatic N) is 1. The average Bonchev–Trinajstić information content (AvgIpc) is 2.16. The molecule has 1 unspecified atom stereocenters. The Hall–Kier alpha value is -1.37. The van der Waals surface area contributed by atoms with Crippen molar-refractivity contribution in [1.29, 1.82) is 5.26 Å². The average molecular weight is 190 g/mol. The van der Waals surface area contributed by atoms with E-state index in [4.69, 9.17) is 11.0 Å². The van der Waals surface area contributed by atoms with E-state index in [-0.39, 0.29) is 0 Å². The molecule has 0 bridgehead atoms.